The van der Waals surface area contributed by atoms with Crippen molar-refractivity contribution in [3.8, 4) is 0 Å². The van der Waals surface area contributed by atoms with Gasteiger partial charge in [-0.1, -0.05) is 26.0 Å². The van der Waals surface area contributed by atoms with Crippen LogP contribution < -0.4 is 10.9 Å². The number of fused-ring (bicyclic) bond motifs is 1. The SMILES string of the molecule is CC[C@@H](C)NC(=O)CN(CC)Cc1nc2ccccc2c(=O)[nH]1. The summed E-state index contributed by atoms with van der Waals surface area (Å²) in [5.74, 6) is 0.566. The lowest BCUT2D eigenvalue weighted by Gasteiger charge is -2.20. The van der Waals surface area contributed by atoms with E-state index >= 15 is 0 Å². The molecule has 124 valence electrons. The van der Waals surface area contributed by atoms with Crippen LogP contribution in [-0.2, 0) is 11.3 Å². The number of hydrogen-bond acceptors (Lipinski definition) is 4. The topological polar surface area (TPSA) is 78.1 Å². The first-order valence-electron chi connectivity index (χ1n) is 8.03. The summed E-state index contributed by atoms with van der Waals surface area (Å²) in [5.41, 5.74) is 0.525. The standard InChI is InChI=1S/C17H24N4O2/c1-4-12(3)18-16(22)11-21(5-2)10-15-19-14-9-7-6-8-13(14)17(23)20-15/h6-9,12H,4-5,10-11H2,1-3H3,(H,18,22)(H,19,20,23)/t12-/m1/s1. The molecule has 2 N–H and O–H groups in total. The van der Waals surface area contributed by atoms with Crippen LogP contribution in [0.2, 0.25) is 0 Å². The van der Waals surface area contributed by atoms with E-state index in [1.165, 1.54) is 0 Å². The maximum absolute atomic E-state index is 12.1. The molecule has 0 unspecified atom stereocenters. The fourth-order valence-electron chi connectivity index (χ4n) is 2.33. The van der Waals surface area contributed by atoms with E-state index in [2.05, 4.69) is 15.3 Å². The number of likely N-dealkylation sites (N-methyl/N-ethyl adjacent to an activating group) is 1. The Labute approximate surface area is 135 Å². The Kier molecular flexibility index (Phi) is 5.87. The minimum atomic E-state index is -0.147. The van der Waals surface area contributed by atoms with Crippen LogP contribution in [0.4, 0.5) is 0 Å². The smallest absolute Gasteiger partial charge is 0.258 e. The van der Waals surface area contributed by atoms with Gasteiger partial charge in [-0.15, -0.1) is 0 Å². The number of nitrogens with zero attached hydrogens (tertiary/aromatic N) is 2. The summed E-state index contributed by atoms with van der Waals surface area (Å²) >= 11 is 0. The lowest BCUT2D eigenvalue weighted by molar-refractivity contribution is -0.123. The van der Waals surface area contributed by atoms with Gasteiger partial charge in [-0.3, -0.25) is 14.5 Å². The molecule has 6 nitrogen and oxygen atoms in total. The average molecular weight is 316 g/mol. The van der Waals surface area contributed by atoms with Crippen molar-refractivity contribution in [3.05, 3.63) is 40.4 Å². The first-order chi connectivity index (χ1) is 11.0. The summed E-state index contributed by atoms with van der Waals surface area (Å²) in [6.45, 7) is 7.42. The molecule has 1 aromatic heterocycles. The third kappa shape index (κ3) is 4.63. The van der Waals surface area contributed by atoms with Crippen LogP contribution in [0.1, 0.15) is 33.0 Å². The number of H-pyrrole nitrogens is 1. The third-order valence-corrected chi connectivity index (χ3v) is 3.87. The van der Waals surface area contributed by atoms with E-state index in [-0.39, 0.29) is 24.1 Å². The molecule has 1 atom stereocenters. The summed E-state index contributed by atoms with van der Waals surface area (Å²) < 4.78 is 0. The molecule has 0 bridgehead atoms. The molecular weight excluding hydrogens is 292 g/mol. The van der Waals surface area contributed by atoms with Gasteiger partial charge in [0.05, 0.1) is 24.0 Å². The zero-order valence-corrected chi connectivity index (χ0v) is 13.9. The number of nitrogens with one attached hydrogen (secondary N) is 2. The maximum Gasteiger partial charge on any atom is 0.258 e. The van der Waals surface area contributed by atoms with E-state index in [4.69, 9.17) is 0 Å². The predicted molar refractivity (Wildman–Crippen MR) is 91.2 cm³/mol. The van der Waals surface area contributed by atoms with Crippen LogP contribution in [-0.4, -0.2) is 39.9 Å². The van der Waals surface area contributed by atoms with Gasteiger partial charge < -0.3 is 10.3 Å². The van der Waals surface area contributed by atoms with Crippen molar-refractivity contribution in [2.45, 2.75) is 39.8 Å². The van der Waals surface area contributed by atoms with E-state index < -0.39 is 0 Å². The molecule has 1 aromatic carbocycles. The first kappa shape index (κ1) is 17.1. The fraction of sp³-hybridized carbons (Fsp3) is 0.471. The number of carbonyl (C=O) groups excluding carboxylic acids is 1. The molecule has 1 amide bonds. The van der Waals surface area contributed by atoms with Crippen molar-refractivity contribution < 1.29 is 4.79 Å². The highest BCUT2D eigenvalue weighted by atomic mass is 16.2. The fourth-order valence-corrected chi connectivity index (χ4v) is 2.33. The molecule has 0 aliphatic rings. The van der Waals surface area contributed by atoms with Crippen LogP contribution >= 0.6 is 0 Å². The molecule has 0 aliphatic carbocycles. The van der Waals surface area contributed by atoms with E-state index in [0.29, 0.717) is 29.8 Å². The van der Waals surface area contributed by atoms with Crippen LogP contribution in [0.5, 0.6) is 0 Å². The van der Waals surface area contributed by atoms with E-state index in [1.54, 1.807) is 6.07 Å². The molecular formula is C17H24N4O2. The van der Waals surface area contributed by atoms with E-state index in [1.807, 2.05) is 43.9 Å². The van der Waals surface area contributed by atoms with Gasteiger partial charge in [0, 0.05) is 6.04 Å². The van der Waals surface area contributed by atoms with Gasteiger partial charge in [0.2, 0.25) is 5.91 Å². The second-order valence-electron chi connectivity index (χ2n) is 5.71. The number of benzene rings is 1. The van der Waals surface area contributed by atoms with E-state index in [0.717, 1.165) is 6.42 Å². The van der Waals surface area contributed by atoms with Crippen LogP contribution in [0.3, 0.4) is 0 Å². The Morgan fingerprint density at radius 2 is 2.09 bits per heavy atom. The maximum atomic E-state index is 12.1. The minimum absolute atomic E-state index is 0.00987. The summed E-state index contributed by atoms with van der Waals surface area (Å²) in [6.07, 6.45) is 0.900. The van der Waals surface area contributed by atoms with Crippen LogP contribution in [0, 0.1) is 0 Å². The van der Waals surface area contributed by atoms with Crippen LogP contribution in [0.15, 0.2) is 29.1 Å². The third-order valence-electron chi connectivity index (χ3n) is 3.87. The van der Waals surface area contributed by atoms with Gasteiger partial charge in [-0.05, 0) is 32.0 Å². The van der Waals surface area contributed by atoms with Gasteiger partial charge in [-0.25, -0.2) is 4.98 Å². The highest BCUT2D eigenvalue weighted by Crippen LogP contribution is 2.07. The normalized spacial score (nSPS) is 12.5. The molecule has 0 saturated heterocycles. The largest absolute Gasteiger partial charge is 0.353 e. The molecule has 1 heterocycles. The Bertz CT molecular complexity index is 726. The number of aromatic nitrogens is 2. The lowest BCUT2D eigenvalue weighted by Crippen LogP contribution is -2.40. The second kappa shape index (κ2) is 7.87. The molecule has 23 heavy (non-hydrogen) atoms. The molecule has 0 saturated carbocycles. The molecule has 2 rings (SSSR count). The molecule has 2 aromatic rings. The zero-order valence-electron chi connectivity index (χ0n) is 13.9. The lowest BCUT2D eigenvalue weighted by atomic mass is 10.2. The van der Waals surface area contributed by atoms with Gasteiger partial charge in [0.25, 0.3) is 5.56 Å². The Morgan fingerprint density at radius 3 is 2.78 bits per heavy atom. The highest BCUT2D eigenvalue weighted by Gasteiger charge is 2.13. The summed E-state index contributed by atoms with van der Waals surface area (Å²) in [6, 6.07) is 7.41. The number of aromatic amines is 1. The van der Waals surface area contributed by atoms with Crippen molar-refractivity contribution in [1.82, 2.24) is 20.2 Å². The predicted octanol–water partition coefficient (Wildman–Crippen LogP) is 1.66. The van der Waals surface area contributed by atoms with Crippen LogP contribution in [0.25, 0.3) is 10.9 Å². The number of rotatable bonds is 7. The molecule has 0 fully saturated rings. The Morgan fingerprint density at radius 1 is 1.35 bits per heavy atom. The molecule has 6 heteroatoms. The van der Waals surface area contributed by atoms with Gasteiger partial charge in [-0.2, -0.15) is 0 Å². The Hall–Kier alpha value is -2.21. The summed E-state index contributed by atoms with van der Waals surface area (Å²) in [4.78, 5) is 33.3. The number of para-hydroxylation sites is 1. The molecule has 0 aliphatic heterocycles. The van der Waals surface area contributed by atoms with Crippen molar-refractivity contribution in [2.75, 3.05) is 13.1 Å². The summed E-state index contributed by atoms with van der Waals surface area (Å²) in [5, 5.41) is 3.53. The van der Waals surface area contributed by atoms with Gasteiger partial charge in [0.1, 0.15) is 5.82 Å². The van der Waals surface area contributed by atoms with Crippen molar-refractivity contribution in [3.63, 3.8) is 0 Å². The van der Waals surface area contributed by atoms with Gasteiger partial charge in [0.15, 0.2) is 0 Å². The average Bonchev–Trinajstić information content (AvgIpc) is 2.54. The van der Waals surface area contributed by atoms with E-state index in [9.17, 15) is 9.59 Å². The number of hydrogen-bond donors (Lipinski definition) is 2. The molecule has 0 radical (unpaired) electrons. The first-order valence-corrected chi connectivity index (χ1v) is 8.03. The van der Waals surface area contributed by atoms with Gasteiger partial charge >= 0.3 is 0 Å². The summed E-state index contributed by atoms with van der Waals surface area (Å²) in [7, 11) is 0. The minimum Gasteiger partial charge on any atom is -0.353 e. The number of carbonyl (C=O) groups is 1. The highest BCUT2D eigenvalue weighted by molar-refractivity contribution is 5.78. The number of amides is 1. The second-order valence-corrected chi connectivity index (χ2v) is 5.71. The quantitative estimate of drug-likeness (QED) is 0.814. The molecule has 0 spiro atoms. The monoisotopic (exact) mass is 316 g/mol. The van der Waals surface area contributed by atoms with Crippen molar-refractivity contribution in [2.24, 2.45) is 0 Å². The Balaban J connectivity index is 2.10. The van der Waals surface area contributed by atoms with Crippen molar-refractivity contribution in [1.29, 1.82) is 0 Å². The zero-order chi connectivity index (χ0) is 16.8. The van der Waals surface area contributed by atoms with Crippen molar-refractivity contribution >= 4 is 16.8 Å².